The van der Waals surface area contributed by atoms with Crippen LogP contribution in [0.4, 0.5) is 0 Å². The van der Waals surface area contributed by atoms with Gasteiger partial charge in [0.1, 0.15) is 52.7 Å². The van der Waals surface area contributed by atoms with Gasteiger partial charge in [0.25, 0.3) is 0 Å². The van der Waals surface area contributed by atoms with Crippen LogP contribution >= 0.6 is 0 Å². The van der Waals surface area contributed by atoms with Gasteiger partial charge in [0.15, 0.2) is 0 Å². The van der Waals surface area contributed by atoms with Crippen LogP contribution in [0, 0.1) is 34.0 Å². The summed E-state index contributed by atoms with van der Waals surface area (Å²) in [6.07, 6.45) is 0. The second kappa shape index (κ2) is 14.7. The second-order valence-electron chi connectivity index (χ2n) is 11.3. The Kier molecular flexibility index (Phi) is 9.20. The molecule has 0 atom stereocenters. The summed E-state index contributed by atoms with van der Waals surface area (Å²) in [7, 11) is 0. The third-order valence-corrected chi connectivity index (χ3v) is 8.22. The van der Waals surface area contributed by atoms with E-state index in [0.717, 1.165) is 0 Å². The maximum atomic E-state index is 11.1. The number of ether oxygens (including phenoxy) is 3. The minimum atomic E-state index is 0.126. The zero-order valence-electron chi connectivity index (χ0n) is 27.2. The van der Waals surface area contributed by atoms with Crippen molar-refractivity contribution in [3.8, 4) is 86.1 Å². The fraction of sp³-hybridized carbons (Fsp3) is 0. The van der Waals surface area contributed by atoms with Gasteiger partial charge in [-0.25, -0.2) is 0 Å². The second-order valence-corrected chi connectivity index (χ2v) is 11.3. The van der Waals surface area contributed by atoms with Gasteiger partial charge in [-0.2, -0.15) is 15.8 Å². The molecule has 6 heteroatoms. The van der Waals surface area contributed by atoms with E-state index in [0.29, 0.717) is 67.9 Å². The number of nitrogens with zero attached hydrogens (tertiary/aromatic N) is 3. The molecule has 0 aromatic heterocycles. The van der Waals surface area contributed by atoms with Crippen LogP contribution in [-0.2, 0) is 0 Å². The molecule has 0 unspecified atom stereocenters. The van der Waals surface area contributed by atoms with Gasteiger partial charge in [-0.05, 0) is 54.6 Å². The first-order valence-electron chi connectivity index (χ1n) is 16.1. The molecule has 240 valence electrons. The third kappa shape index (κ3) is 6.48. The summed E-state index contributed by atoms with van der Waals surface area (Å²) in [6, 6.07) is 56.8. The predicted molar refractivity (Wildman–Crippen MR) is 196 cm³/mol. The van der Waals surface area contributed by atoms with Crippen LogP contribution in [0.3, 0.4) is 0 Å². The molecule has 7 aromatic rings. The van der Waals surface area contributed by atoms with Crippen molar-refractivity contribution < 1.29 is 14.2 Å². The summed E-state index contributed by atoms with van der Waals surface area (Å²) in [4.78, 5) is 0. The zero-order chi connectivity index (χ0) is 35.0. The lowest BCUT2D eigenvalue weighted by Gasteiger charge is -2.23. The Balaban J connectivity index is 1.58. The van der Waals surface area contributed by atoms with Gasteiger partial charge in [0.2, 0.25) is 0 Å². The maximum absolute atomic E-state index is 11.1. The van der Waals surface area contributed by atoms with Gasteiger partial charge in [-0.1, -0.05) is 109 Å². The van der Waals surface area contributed by atoms with Gasteiger partial charge >= 0.3 is 0 Å². The van der Waals surface area contributed by atoms with E-state index >= 15 is 0 Å². The molecule has 0 bridgehead atoms. The van der Waals surface area contributed by atoms with Gasteiger partial charge in [-0.15, -0.1) is 0 Å². The minimum absolute atomic E-state index is 0.126. The Morgan fingerprint density at radius 3 is 0.784 bits per heavy atom. The zero-order valence-corrected chi connectivity index (χ0v) is 27.2. The van der Waals surface area contributed by atoms with E-state index in [2.05, 4.69) is 18.2 Å². The number of hydrogen-bond acceptors (Lipinski definition) is 6. The van der Waals surface area contributed by atoms with Crippen molar-refractivity contribution in [2.75, 3.05) is 0 Å². The number of hydrogen-bond donors (Lipinski definition) is 0. The Morgan fingerprint density at radius 1 is 0.294 bits per heavy atom. The molecule has 0 heterocycles. The summed E-state index contributed by atoms with van der Waals surface area (Å²) in [5, 5.41) is 33.2. The highest BCUT2D eigenvalue weighted by molar-refractivity contribution is 6.00. The van der Waals surface area contributed by atoms with Gasteiger partial charge in [0.05, 0.1) is 16.7 Å². The molecule has 7 rings (SSSR count). The molecule has 0 saturated carbocycles. The lowest BCUT2D eigenvalue weighted by molar-refractivity contribution is 0.484. The SMILES string of the molecule is N#Cc1c(-c2ccccc2Oc2ccccc2)c(C#N)c(-c2ccccc2Oc2ccccc2)c(C#N)c1-c1ccccc1Oc1ccccc1. The van der Waals surface area contributed by atoms with Crippen molar-refractivity contribution in [2.24, 2.45) is 0 Å². The van der Waals surface area contributed by atoms with Crippen LogP contribution in [0.25, 0.3) is 33.4 Å². The van der Waals surface area contributed by atoms with Crippen molar-refractivity contribution in [1.29, 1.82) is 15.8 Å². The van der Waals surface area contributed by atoms with Gasteiger partial charge < -0.3 is 14.2 Å². The Labute approximate surface area is 295 Å². The van der Waals surface area contributed by atoms with Crippen LogP contribution in [0.5, 0.6) is 34.5 Å². The first-order chi connectivity index (χ1) is 25.2. The molecule has 0 amide bonds. The molecule has 0 aliphatic rings. The van der Waals surface area contributed by atoms with Gasteiger partial charge in [-0.3, -0.25) is 0 Å². The molecule has 6 nitrogen and oxygen atoms in total. The summed E-state index contributed by atoms with van der Waals surface area (Å²) < 4.78 is 19.1. The van der Waals surface area contributed by atoms with E-state index in [4.69, 9.17) is 14.2 Å². The smallest absolute Gasteiger partial charge is 0.135 e. The van der Waals surface area contributed by atoms with Crippen molar-refractivity contribution in [2.45, 2.75) is 0 Å². The number of para-hydroxylation sites is 6. The molecular weight excluding hydrogens is 631 g/mol. The maximum Gasteiger partial charge on any atom is 0.135 e. The van der Waals surface area contributed by atoms with Crippen LogP contribution < -0.4 is 14.2 Å². The molecule has 0 spiro atoms. The molecular formula is C45H27N3O3. The summed E-state index contributed by atoms with van der Waals surface area (Å²) in [5.41, 5.74) is 2.85. The highest BCUT2D eigenvalue weighted by Crippen LogP contribution is 2.50. The molecule has 7 aromatic carbocycles. The minimum Gasteiger partial charge on any atom is -0.457 e. The van der Waals surface area contributed by atoms with Crippen molar-refractivity contribution in [3.05, 3.63) is 180 Å². The first-order valence-corrected chi connectivity index (χ1v) is 16.1. The standard InChI is InChI=1S/C45H27N3O3/c46-28-37-43(34-22-10-13-25-40(34)49-31-16-4-1-5-17-31)38(29-47)45(36-24-12-15-27-42(36)51-33-20-8-3-9-21-33)39(30-48)44(37)35-23-11-14-26-41(35)50-32-18-6-2-7-19-32/h1-27H. The summed E-state index contributed by atoms with van der Waals surface area (Å²) >= 11 is 0. The Hall–Kier alpha value is -7.59. The Bertz CT molecular complexity index is 2180. The molecule has 0 N–H and O–H groups in total. The fourth-order valence-electron chi connectivity index (χ4n) is 6.03. The topological polar surface area (TPSA) is 99.1 Å². The molecule has 0 saturated heterocycles. The van der Waals surface area contributed by atoms with Crippen LogP contribution in [-0.4, -0.2) is 0 Å². The molecule has 0 aliphatic heterocycles. The van der Waals surface area contributed by atoms with Crippen molar-refractivity contribution in [3.63, 3.8) is 0 Å². The lowest BCUT2D eigenvalue weighted by Crippen LogP contribution is -2.05. The number of benzene rings is 7. The van der Waals surface area contributed by atoms with Crippen molar-refractivity contribution >= 4 is 0 Å². The van der Waals surface area contributed by atoms with Crippen molar-refractivity contribution in [1.82, 2.24) is 0 Å². The van der Waals surface area contributed by atoms with Crippen LogP contribution in [0.2, 0.25) is 0 Å². The van der Waals surface area contributed by atoms with E-state index in [1.165, 1.54) is 0 Å². The quantitative estimate of drug-likeness (QED) is 0.153. The van der Waals surface area contributed by atoms with E-state index in [1.807, 2.05) is 146 Å². The van der Waals surface area contributed by atoms with Crippen LogP contribution in [0.15, 0.2) is 164 Å². The summed E-state index contributed by atoms with van der Waals surface area (Å²) in [6.45, 7) is 0. The molecule has 0 radical (unpaired) electrons. The normalized spacial score (nSPS) is 10.3. The fourth-order valence-corrected chi connectivity index (χ4v) is 6.03. The molecule has 0 aliphatic carbocycles. The lowest BCUT2D eigenvalue weighted by atomic mass is 9.79. The highest BCUT2D eigenvalue weighted by atomic mass is 16.5. The van der Waals surface area contributed by atoms with E-state index in [-0.39, 0.29) is 16.7 Å². The predicted octanol–water partition coefficient (Wildman–Crippen LogP) is 11.7. The number of nitriles is 3. The summed E-state index contributed by atoms with van der Waals surface area (Å²) in [5.74, 6) is 3.04. The van der Waals surface area contributed by atoms with Gasteiger partial charge in [0, 0.05) is 33.4 Å². The number of rotatable bonds is 9. The van der Waals surface area contributed by atoms with Crippen LogP contribution in [0.1, 0.15) is 16.7 Å². The highest BCUT2D eigenvalue weighted by Gasteiger charge is 2.31. The largest absolute Gasteiger partial charge is 0.457 e. The first kappa shape index (κ1) is 32.0. The molecule has 51 heavy (non-hydrogen) atoms. The third-order valence-electron chi connectivity index (χ3n) is 8.22. The average molecular weight is 658 g/mol. The monoisotopic (exact) mass is 657 g/mol. The van der Waals surface area contributed by atoms with E-state index < -0.39 is 0 Å². The average Bonchev–Trinajstić information content (AvgIpc) is 3.19. The van der Waals surface area contributed by atoms with E-state index in [9.17, 15) is 15.8 Å². The Morgan fingerprint density at radius 2 is 0.529 bits per heavy atom. The van der Waals surface area contributed by atoms with E-state index in [1.54, 1.807) is 18.2 Å². The molecule has 0 fully saturated rings.